The lowest BCUT2D eigenvalue weighted by molar-refractivity contribution is -0.126. The number of carbonyl (C=O) groups excluding carboxylic acids is 1. The SMILES string of the molecule is CCCC(C)C(=O)NC(C)(C#N)CC. The zero-order valence-corrected chi connectivity index (χ0v) is 9.55. The fraction of sp³-hybridized carbons (Fsp3) is 0.818. The first-order chi connectivity index (χ1) is 6.49. The van der Waals surface area contributed by atoms with E-state index in [2.05, 4.69) is 11.4 Å². The monoisotopic (exact) mass is 196 g/mol. The Morgan fingerprint density at radius 2 is 2.14 bits per heavy atom. The van der Waals surface area contributed by atoms with Crippen LogP contribution in [0.15, 0.2) is 0 Å². The molecule has 2 unspecified atom stereocenters. The van der Waals surface area contributed by atoms with Crippen molar-refractivity contribution in [1.29, 1.82) is 5.26 Å². The van der Waals surface area contributed by atoms with Gasteiger partial charge >= 0.3 is 0 Å². The molecule has 0 aliphatic carbocycles. The Morgan fingerprint density at radius 1 is 1.57 bits per heavy atom. The van der Waals surface area contributed by atoms with Gasteiger partial charge in [0, 0.05) is 5.92 Å². The number of nitrogens with zero attached hydrogens (tertiary/aromatic N) is 1. The van der Waals surface area contributed by atoms with Gasteiger partial charge in [-0.05, 0) is 19.8 Å². The number of nitrogens with one attached hydrogen (secondary N) is 1. The van der Waals surface area contributed by atoms with Crippen molar-refractivity contribution in [3.8, 4) is 6.07 Å². The third kappa shape index (κ3) is 3.78. The van der Waals surface area contributed by atoms with Gasteiger partial charge in [0.2, 0.25) is 5.91 Å². The molecule has 3 nitrogen and oxygen atoms in total. The van der Waals surface area contributed by atoms with E-state index in [9.17, 15) is 4.79 Å². The van der Waals surface area contributed by atoms with E-state index in [0.717, 1.165) is 12.8 Å². The van der Waals surface area contributed by atoms with Gasteiger partial charge in [0.15, 0.2) is 0 Å². The molecule has 0 radical (unpaired) electrons. The van der Waals surface area contributed by atoms with Gasteiger partial charge in [-0.1, -0.05) is 27.2 Å². The van der Waals surface area contributed by atoms with Crippen LogP contribution < -0.4 is 5.32 Å². The average molecular weight is 196 g/mol. The molecule has 2 atom stereocenters. The van der Waals surface area contributed by atoms with E-state index in [1.807, 2.05) is 20.8 Å². The summed E-state index contributed by atoms with van der Waals surface area (Å²) < 4.78 is 0. The quantitative estimate of drug-likeness (QED) is 0.733. The first-order valence-corrected chi connectivity index (χ1v) is 5.22. The molecule has 3 heteroatoms. The first kappa shape index (κ1) is 13.0. The van der Waals surface area contributed by atoms with Crippen LogP contribution in [0, 0.1) is 17.2 Å². The predicted molar refractivity (Wildman–Crippen MR) is 56.5 cm³/mol. The summed E-state index contributed by atoms with van der Waals surface area (Å²) in [4.78, 5) is 11.6. The van der Waals surface area contributed by atoms with E-state index >= 15 is 0 Å². The van der Waals surface area contributed by atoms with Crippen molar-refractivity contribution in [3.05, 3.63) is 0 Å². The molecule has 0 fully saturated rings. The summed E-state index contributed by atoms with van der Waals surface area (Å²) >= 11 is 0. The van der Waals surface area contributed by atoms with Crippen LogP contribution in [0.25, 0.3) is 0 Å². The van der Waals surface area contributed by atoms with Crippen molar-refractivity contribution in [1.82, 2.24) is 5.32 Å². The Labute approximate surface area is 86.5 Å². The molecule has 0 spiro atoms. The molecular weight excluding hydrogens is 176 g/mol. The third-order valence-electron chi connectivity index (χ3n) is 2.52. The zero-order chi connectivity index (χ0) is 11.2. The molecule has 0 rings (SSSR count). The molecule has 1 N–H and O–H groups in total. The summed E-state index contributed by atoms with van der Waals surface area (Å²) in [6, 6.07) is 2.12. The van der Waals surface area contributed by atoms with Gasteiger partial charge in [-0.2, -0.15) is 5.26 Å². The summed E-state index contributed by atoms with van der Waals surface area (Å²) in [7, 11) is 0. The maximum Gasteiger partial charge on any atom is 0.224 e. The summed E-state index contributed by atoms with van der Waals surface area (Å²) in [5, 5.41) is 11.7. The van der Waals surface area contributed by atoms with Gasteiger partial charge < -0.3 is 5.32 Å². The predicted octanol–water partition coefficient (Wildman–Crippen LogP) is 2.23. The molecule has 0 bridgehead atoms. The second-order valence-corrected chi connectivity index (χ2v) is 3.98. The highest BCUT2D eigenvalue weighted by Gasteiger charge is 2.25. The largest absolute Gasteiger partial charge is 0.338 e. The molecule has 0 aromatic heterocycles. The Morgan fingerprint density at radius 3 is 2.50 bits per heavy atom. The van der Waals surface area contributed by atoms with Gasteiger partial charge in [0.25, 0.3) is 0 Å². The lowest BCUT2D eigenvalue weighted by atomic mass is 9.98. The number of rotatable bonds is 5. The summed E-state index contributed by atoms with van der Waals surface area (Å²) in [5.41, 5.74) is -0.709. The average Bonchev–Trinajstić information content (AvgIpc) is 2.18. The molecule has 0 saturated carbocycles. The Kier molecular flexibility index (Phi) is 5.22. The number of nitriles is 1. The van der Waals surface area contributed by atoms with E-state index in [0.29, 0.717) is 6.42 Å². The van der Waals surface area contributed by atoms with Crippen LogP contribution in [0.3, 0.4) is 0 Å². The van der Waals surface area contributed by atoms with Gasteiger partial charge in [-0.3, -0.25) is 4.79 Å². The van der Waals surface area contributed by atoms with Gasteiger partial charge in [-0.15, -0.1) is 0 Å². The van der Waals surface area contributed by atoms with Crippen molar-refractivity contribution >= 4 is 5.91 Å². The van der Waals surface area contributed by atoms with E-state index in [-0.39, 0.29) is 11.8 Å². The zero-order valence-electron chi connectivity index (χ0n) is 9.55. The summed E-state index contributed by atoms with van der Waals surface area (Å²) in [6.07, 6.45) is 2.50. The molecule has 14 heavy (non-hydrogen) atoms. The van der Waals surface area contributed by atoms with Gasteiger partial charge in [0.1, 0.15) is 5.54 Å². The molecule has 0 aromatic rings. The Hall–Kier alpha value is -1.04. The van der Waals surface area contributed by atoms with Crippen LogP contribution in [0.2, 0.25) is 0 Å². The second kappa shape index (κ2) is 5.64. The van der Waals surface area contributed by atoms with Crippen molar-refractivity contribution in [2.75, 3.05) is 0 Å². The molecule has 0 aliphatic rings. The van der Waals surface area contributed by atoms with Crippen molar-refractivity contribution < 1.29 is 4.79 Å². The summed E-state index contributed by atoms with van der Waals surface area (Å²) in [6.45, 7) is 7.59. The number of amides is 1. The second-order valence-electron chi connectivity index (χ2n) is 3.98. The third-order valence-corrected chi connectivity index (χ3v) is 2.52. The van der Waals surface area contributed by atoms with E-state index in [1.54, 1.807) is 6.92 Å². The van der Waals surface area contributed by atoms with E-state index in [1.165, 1.54) is 0 Å². The minimum absolute atomic E-state index is 0.000718. The maximum atomic E-state index is 11.6. The lowest BCUT2D eigenvalue weighted by Gasteiger charge is -2.23. The molecule has 0 heterocycles. The fourth-order valence-electron chi connectivity index (χ4n) is 1.15. The highest BCUT2D eigenvalue weighted by molar-refractivity contribution is 5.79. The standard InChI is InChI=1S/C11H20N2O/c1-5-7-9(3)10(14)13-11(4,6-2)8-12/h9H,5-7H2,1-4H3,(H,13,14). The van der Waals surface area contributed by atoms with Crippen LogP contribution in [0.4, 0.5) is 0 Å². The molecular formula is C11H20N2O. The summed E-state index contributed by atoms with van der Waals surface area (Å²) in [5.74, 6) is -0.0167. The smallest absolute Gasteiger partial charge is 0.224 e. The Balaban J connectivity index is 4.24. The van der Waals surface area contributed by atoms with Crippen LogP contribution in [-0.4, -0.2) is 11.4 Å². The van der Waals surface area contributed by atoms with Crippen LogP contribution in [0.5, 0.6) is 0 Å². The van der Waals surface area contributed by atoms with Crippen molar-refractivity contribution in [2.24, 2.45) is 5.92 Å². The minimum atomic E-state index is -0.709. The molecule has 0 aliphatic heterocycles. The molecule has 1 amide bonds. The highest BCUT2D eigenvalue weighted by atomic mass is 16.2. The van der Waals surface area contributed by atoms with Crippen LogP contribution in [0.1, 0.15) is 47.0 Å². The number of hydrogen-bond acceptors (Lipinski definition) is 2. The highest BCUT2D eigenvalue weighted by Crippen LogP contribution is 2.11. The normalized spacial score (nSPS) is 16.5. The first-order valence-electron chi connectivity index (χ1n) is 5.22. The van der Waals surface area contributed by atoms with E-state index < -0.39 is 5.54 Å². The van der Waals surface area contributed by atoms with Crippen molar-refractivity contribution in [3.63, 3.8) is 0 Å². The fourth-order valence-corrected chi connectivity index (χ4v) is 1.15. The van der Waals surface area contributed by atoms with Crippen LogP contribution >= 0.6 is 0 Å². The topological polar surface area (TPSA) is 52.9 Å². The van der Waals surface area contributed by atoms with Crippen molar-refractivity contribution in [2.45, 2.75) is 52.5 Å². The van der Waals surface area contributed by atoms with E-state index in [4.69, 9.17) is 5.26 Å². The van der Waals surface area contributed by atoms with Crippen LogP contribution in [-0.2, 0) is 4.79 Å². The number of carbonyl (C=O) groups is 1. The molecule has 0 saturated heterocycles. The van der Waals surface area contributed by atoms with Gasteiger partial charge in [-0.25, -0.2) is 0 Å². The number of hydrogen-bond donors (Lipinski definition) is 1. The lowest BCUT2D eigenvalue weighted by Crippen LogP contribution is -2.46. The van der Waals surface area contributed by atoms with Gasteiger partial charge in [0.05, 0.1) is 6.07 Å². The molecule has 80 valence electrons. The maximum absolute atomic E-state index is 11.6. The Bertz CT molecular complexity index is 232. The molecule has 0 aromatic carbocycles. The minimum Gasteiger partial charge on any atom is -0.338 e.